The first-order valence-corrected chi connectivity index (χ1v) is 6.77. The zero-order valence-electron chi connectivity index (χ0n) is 10.9. The molecule has 0 aliphatic heterocycles. The quantitative estimate of drug-likeness (QED) is 0.914. The Labute approximate surface area is 121 Å². The lowest BCUT2D eigenvalue weighted by Crippen LogP contribution is -2.08. The number of rotatable bonds is 4. The highest BCUT2D eigenvalue weighted by Crippen LogP contribution is 2.35. The van der Waals surface area contributed by atoms with Crippen LogP contribution >= 0.6 is 15.9 Å². The summed E-state index contributed by atoms with van der Waals surface area (Å²) in [5.41, 5.74) is 6.87. The number of ether oxygens (including phenoxy) is 2. The summed E-state index contributed by atoms with van der Waals surface area (Å²) in [6.07, 6.45) is 0. The Bertz CT molecular complexity index is 553. The van der Waals surface area contributed by atoms with E-state index < -0.39 is 0 Å². The summed E-state index contributed by atoms with van der Waals surface area (Å²) in [4.78, 5) is 0. The molecule has 4 heteroatoms. The highest BCUT2D eigenvalue weighted by molar-refractivity contribution is 9.10. The maximum absolute atomic E-state index is 6.00. The Kier molecular flexibility index (Phi) is 4.45. The second kappa shape index (κ2) is 6.08. The van der Waals surface area contributed by atoms with Crippen LogP contribution in [-0.2, 0) is 0 Å². The van der Waals surface area contributed by atoms with Crippen molar-refractivity contribution in [2.24, 2.45) is 5.73 Å². The van der Waals surface area contributed by atoms with Crippen LogP contribution in [0.4, 0.5) is 0 Å². The molecular weight excluding hydrogens is 306 g/mol. The third-order valence-corrected chi connectivity index (χ3v) is 3.27. The van der Waals surface area contributed by atoms with Crippen LogP contribution < -0.4 is 15.2 Å². The molecule has 2 aromatic carbocycles. The molecule has 1 atom stereocenters. The van der Waals surface area contributed by atoms with Gasteiger partial charge >= 0.3 is 0 Å². The number of hydrogen-bond donors (Lipinski definition) is 1. The van der Waals surface area contributed by atoms with Crippen molar-refractivity contribution >= 4 is 15.9 Å². The highest BCUT2D eigenvalue weighted by atomic mass is 79.9. The predicted molar refractivity (Wildman–Crippen MR) is 79.8 cm³/mol. The van der Waals surface area contributed by atoms with E-state index in [1.54, 1.807) is 7.11 Å². The number of methoxy groups -OCH3 is 1. The third kappa shape index (κ3) is 3.28. The van der Waals surface area contributed by atoms with Crippen LogP contribution in [-0.4, -0.2) is 7.11 Å². The van der Waals surface area contributed by atoms with Gasteiger partial charge in [0.05, 0.1) is 12.7 Å². The van der Waals surface area contributed by atoms with Crippen molar-refractivity contribution in [3.63, 3.8) is 0 Å². The Morgan fingerprint density at radius 2 is 1.68 bits per heavy atom. The topological polar surface area (TPSA) is 44.5 Å². The van der Waals surface area contributed by atoms with Gasteiger partial charge in [-0.3, -0.25) is 0 Å². The van der Waals surface area contributed by atoms with Gasteiger partial charge in [0.1, 0.15) is 17.2 Å². The zero-order valence-corrected chi connectivity index (χ0v) is 12.5. The van der Waals surface area contributed by atoms with E-state index in [1.165, 1.54) is 0 Å². The summed E-state index contributed by atoms with van der Waals surface area (Å²) in [5.74, 6) is 2.22. The van der Waals surface area contributed by atoms with E-state index in [4.69, 9.17) is 15.2 Å². The smallest absolute Gasteiger partial charge is 0.135 e. The standard InChI is InChI=1S/C15H16BrNO2/c1-10(17)15-13(18-2)4-3-5-14(15)19-12-8-6-11(16)7-9-12/h3-10H,17H2,1-2H3/t10-/m1/s1. The van der Waals surface area contributed by atoms with Gasteiger partial charge in [0.2, 0.25) is 0 Å². The van der Waals surface area contributed by atoms with Crippen LogP contribution in [0.2, 0.25) is 0 Å². The normalized spacial score (nSPS) is 12.0. The summed E-state index contributed by atoms with van der Waals surface area (Å²) in [7, 11) is 1.63. The van der Waals surface area contributed by atoms with Crippen molar-refractivity contribution in [2.45, 2.75) is 13.0 Å². The van der Waals surface area contributed by atoms with Gasteiger partial charge in [0, 0.05) is 10.5 Å². The molecule has 2 aromatic rings. The van der Waals surface area contributed by atoms with Crippen molar-refractivity contribution in [1.29, 1.82) is 0 Å². The first-order chi connectivity index (χ1) is 9.11. The molecule has 0 aromatic heterocycles. The monoisotopic (exact) mass is 321 g/mol. The van der Waals surface area contributed by atoms with E-state index in [0.717, 1.165) is 27.3 Å². The molecule has 0 amide bonds. The molecule has 0 spiro atoms. The van der Waals surface area contributed by atoms with Crippen molar-refractivity contribution in [2.75, 3.05) is 7.11 Å². The van der Waals surface area contributed by atoms with Gasteiger partial charge in [-0.15, -0.1) is 0 Å². The van der Waals surface area contributed by atoms with Gasteiger partial charge in [-0.25, -0.2) is 0 Å². The molecule has 2 rings (SSSR count). The molecule has 0 saturated heterocycles. The fourth-order valence-corrected chi connectivity index (χ4v) is 2.13. The van der Waals surface area contributed by atoms with Crippen molar-refractivity contribution < 1.29 is 9.47 Å². The number of halogens is 1. The average molecular weight is 322 g/mol. The van der Waals surface area contributed by atoms with E-state index in [9.17, 15) is 0 Å². The summed E-state index contributed by atoms with van der Waals surface area (Å²) >= 11 is 3.40. The SMILES string of the molecule is COc1cccc(Oc2ccc(Br)cc2)c1[C@@H](C)N. The lowest BCUT2D eigenvalue weighted by Gasteiger charge is -2.17. The molecule has 0 aliphatic carbocycles. The van der Waals surface area contributed by atoms with Gasteiger partial charge in [0.25, 0.3) is 0 Å². The van der Waals surface area contributed by atoms with Gasteiger partial charge in [-0.2, -0.15) is 0 Å². The van der Waals surface area contributed by atoms with Crippen molar-refractivity contribution in [3.05, 3.63) is 52.5 Å². The third-order valence-electron chi connectivity index (χ3n) is 2.74. The molecule has 0 fully saturated rings. The number of nitrogens with two attached hydrogens (primary N) is 1. The summed E-state index contributed by atoms with van der Waals surface area (Å²) in [6, 6.07) is 13.2. The van der Waals surface area contributed by atoms with Crippen molar-refractivity contribution in [1.82, 2.24) is 0 Å². The van der Waals surface area contributed by atoms with Gasteiger partial charge in [-0.05, 0) is 43.3 Å². The minimum atomic E-state index is -0.165. The molecule has 0 radical (unpaired) electrons. The first kappa shape index (κ1) is 13.9. The second-order valence-corrected chi connectivity index (χ2v) is 5.13. The first-order valence-electron chi connectivity index (χ1n) is 5.97. The van der Waals surface area contributed by atoms with E-state index in [1.807, 2.05) is 49.4 Å². The number of benzene rings is 2. The van der Waals surface area contributed by atoms with E-state index >= 15 is 0 Å². The molecule has 19 heavy (non-hydrogen) atoms. The molecule has 2 N–H and O–H groups in total. The van der Waals surface area contributed by atoms with Gasteiger partial charge < -0.3 is 15.2 Å². The fourth-order valence-electron chi connectivity index (χ4n) is 1.87. The largest absolute Gasteiger partial charge is 0.496 e. The van der Waals surface area contributed by atoms with Crippen LogP contribution in [0.3, 0.4) is 0 Å². The molecule has 0 aliphatic rings. The second-order valence-electron chi connectivity index (χ2n) is 4.22. The van der Waals surface area contributed by atoms with E-state index in [0.29, 0.717) is 0 Å². The minimum absolute atomic E-state index is 0.165. The van der Waals surface area contributed by atoms with Gasteiger partial charge in [0.15, 0.2) is 0 Å². The summed E-state index contributed by atoms with van der Waals surface area (Å²) < 4.78 is 12.2. The predicted octanol–water partition coefficient (Wildman–Crippen LogP) is 4.27. The maximum atomic E-state index is 6.00. The molecular formula is C15H16BrNO2. The van der Waals surface area contributed by atoms with E-state index in [2.05, 4.69) is 15.9 Å². The van der Waals surface area contributed by atoms with Crippen LogP contribution in [0.5, 0.6) is 17.2 Å². The molecule has 0 bridgehead atoms. The Balaban J connectivity index is 2.36. The van der Waals surface area contributed by atoms with Crippen molar-refractivity contribution in [3.8, 4) is 17.2 Å². The fraction of sp³-hybridized carbons (Fsp3) is 0.200. The average Bonchev–Trinajstić information content (AvgIpc) is 2.40. The Morgan fingerprint density at radius 1 is 1.05 bits per heavy atom. The Morgan fingerprint density at radius 3 is 2.26 bits per heavy atom. The highest BCUT2D eigenvalue weighted by Gasteiger charge is 2.14. The molecule has 0 saturated carbocycles. The van der Waals surface area contributed by atoms with Gasteiger partial charge in [-0.1, -0.05) is 22.0 Å². The zero-order chi connectivity index (χ0) is 13.8. The summed E-state index contributed by atoms with van der Waals surface area (Å²) in [6.45, 7) is 1.91. The van der Waals surface area contributed by atoms with Crippen LogP contribution in [0.25, 0.3) is 0 Å². The lowest BCUT2D eigenvalue weighted by molar-refractivity contribution is 0.397. The number of hydrogen-bond acceptors (Lipinski definition) is 3. The summed E-state index contributed by atoms with van der Waals surface area (Å²) in [5, 5.41) is 0. The van der Waals surface area contributed by atoms with Crippen LogP contribution in [0.1, 0.15) is 18.5 Å². The molecule has 0 heterocycles. The van der Waals surface area contributed by atoms with Crippen LogP contribution in [0.15, 0.2) is 46.9 Å². The lowest BCUT2D eigenvalue weighted by atomic mass is 10.1. The molecule has 100 valence electrons. The molecule has 0 unspecified atom stereocenters. The van der Waals surface area contributed by atoms with Crippen LogP contribution in [0, 0.1) is 0 Å². The Hall–Kier alpha value is -1.52. The van der Waals surface area contributed by atoms with E-state index in [-0.39, 0.29) is 6.04 Å². The minimum Gasteiger partial charge on any atom is -0.496 e. The maximum Gasteiger partial charge on any atom is 0.135 e. The molecule has 3 nitrogen and oxygen atoms in total.